The van der Waals surface area contributed by atoms with Crippen molar-refractivity contribution in [2.45, 2.75) is 0 Å². The minimum atomic E-state index is -3.54. The Balaban J connectivity index is 1.48. The molecule has 4 rings (SSSR count). The minimum Gasteiger partial charge on any atom is -0.497 e. The molecule has 1 aromatic carbocycles. The van der Waals surface area contributed by atoms with Gasteiger partial charge in [0, 0.05) is 44.8 Å². The third-order valence-corrected chi connectivity index (χ3v) is 7.33. The van der Waals surface area contributed by atoms with E-state index in [1.165, 1.54) is 14.9 Å². The molecule has 162 valence electrons. The second-order valence-corrected chi connectivity index (χ2v) is 8.92. The summed E-state index contributed by atoms with van der Waals surface area (Å²) in [6.45, 7) is 2.74. The number of rotatable bonds is 5. The first-order chi connectivity index (χ1) is 14.5. The number of ether oxygens (including phenoxy) is 2. The number of hydrogen-bond donors (Lipinski definition) is 0. The van der Waals surface area contributed by atoms with Crippen molar-refractivity contribution in [3.05, 3.63) is 36.4 Å². The molecular formula is C19H24FN5O4S. The molecule has 2 aliphatic heterocycles. The lowest BCUT2D eigenvalue weighted by atomic mass is 10.1. The number of methoxy groups -OCH3 is 1. The maximum Gasteiger partial charge on any atom is 0.282 e. The zero-order valence-electron chi connectivity index (χ0n) is 16.7. The first kappa shape index (κ1) is 20.9. The number of morpholine rings is 1. The first-order valence-electron chi connectivity index (χ1n) is 9.73. The Hall–Kier alpha value is -2.34. The van der Waals surface area contributed by atoms with E-state index >= 15 is 4.39 Å². The Bertz CT molecular complexity index is 975. The Kier molecular flexibility index (Phi) is 6.14. The van der Waals surface area contributed by atoms with Crippen LogP contribution in [0.1, 0.15) is 0 Å². The van der Waals surface area contributed by atoms with Crippen LogP contribution in [0.25, 0.3) is 11.3 Å². The molecule has 30 heavy (non-hydrogen) atoms. The second-order valence-electron chi connectivity index (χ2n) is 6.99. The molecular weight excluding hydrogens is 413 g/mol. The third-order valence-electron chi connectivity index (χ3n) is 5.30. The van der Waals surface area contributed by atoms with Crippen LogP contribution in [-0.2, 0) is 14.9 Å². The SMILES string of the molecule is COc1ccc(-c2ncnc(N3CCN(S(=O)(=O)N4CCOCC4)CC3)c2F)cc1. The molecule has 2 aliphatic rings. The average Bonchev–Trinajstić information content (AvgIpc) is 2.80. The Labute approximate surface area is 175 Å². The van der Waals surface area contributed by atoms with Gasteiger partial charge in [0.1, 0.15) is 17.8 Å². The van der Waals surface area contributed by atoms with Crippen LogP contribution in [0.3, 0.4) is 0 Å². The van der Waals surface area contributed by atoms with Crippen LogP contribution in [0, 0.1) is 5.82 Å². The summed E-state index contributed by atoms with van der Waals surface area (Å²) >= 11 is 0. The molecule has 0 bridgehead atoms. The highest BCUT2D eigenvalue weighted by Crippen LogP contribution is 2.28. The summed E-state index contributed by atoms with van der Waals surface area (Å²) in [6.07, 6.45) is 1.33. The molecule has 2 aromatic rings. The summed E-state index contributed by atoms with van der Waals surface area (Å²) in [7, 11) is -1.97. The quantitative estimate of drug-likeness (QED) is 0.689. The monoisotopic (exact) mass is 437 g/mol. The van der Waals surface area contributed by atoms with Gasteiger partial charge in [0.05, 0.1) is 20.3 Å². The van der Waals surface area contributed by atoms with Gasteiger partial charge in [-0.2, -0.15) is 17.0 Å². The van der Waals surface area contributed by atoms with Gasteiger partial charge < -0.3 is 14.4 Å². The van der Waals surface area contributed by atoms with E-state index < -0.39 is 16.0 Å². The van der Waals surface area contributed by atoms with Crippen LogP contribution < -0.4 is 9.64 Å². The summed E-state index contributed by atoms with van der Waals surface area (Å²) in [5, 5.41) is 0. The fraction of sp³-hybridized carbons (Fsp3) is 0.474. The molecule has 0 amide bonds. The number of nitrogens with zero attached hydrogens (tertiary/aromatic N) is 5. The molecule has 2 fully saturated rings. The number of aromatic nitrogens is 2. The molecule has 0 N–H and O–H groups in total. The highest BCUT2D eigenvalue weighted by Gasteiger charge is 2.34. The van der Waals surface area contributed by atoms with E-state index in [0.717, 1.165) is 0 Å². The number of piperazine rings is 1. The van der Waals surface area contributed by atoms with Gasteiger partial charge in [-0.3, -0.25) is 0 Å². The van der Waals surface area contributed by atoms with Crippen molar-refractivity contribution in [1.82, 2.24) is 18.6 Å². The second kappa shape index (κ2) is 8.80. The minimum absolute atomic E-state index is 0.180. The lowest BCUT2D eigenvalue weighted by molar-refractivity contribution is 0.0700. The molecule has 0 saturated carbocycles. The molecule has 11 heteroatoms. The van der Waals surface area contributed by atoms with Crippen molar-refractivity contribution in [2.75, 3.05) is 64.5 Å². The third kappa shape index (κ3) is 4.10. The maximum atomic E-state index is 15.2. The van der Waals surface area contributed by atoms with Crippen LogP contribution >= 0.6 is 0 Å². The molecule has 1 aromatic heterocycles. The first-order valence-corrected chi connectivity index (χ1v) is 11.1. The zero-order chi connectivity index (χ0) is 21.1. The summed E-state index contributed by atoms with van der Waals surface area (Å²) in [6, 6.07) is 6.96. The Morgan fingerprint density at radius 3 is 2.23 bits per heavy atom. The van der Waals surface area contributed by atoms with E-state index in [1.54, 1.807) is 36.3 Å². The molecule has 2 saturated heterocycles. The van der Waals surface area contributed by atoms with Gasteiger partial charge in [0.15, 0.2) is 11.6 Å². The van der Waals surface area contributed by atoms with Crippen LogP contribution in [-0.4, -0.2) is 86.6 Å². The van der Waals surface area contributed by atoms with Crippen molar-refractivity contribution < 1.29 is 22.3 Å². The topological polar surface area (TPSA) is 88.1 Å². The van der Waals surface area contributed by atoms with Gasteiger partial charge in [-0.1, -0.05) is 0 Å². The van der Waals surface area contributed by atoms with Gasteiger partial charge >= 0.3 is 0 Å². The molecule has 0 unspecified atom stereocenters. The summed E-state index contributed by atoms with van der Waals surface area (Å²) in [4.78, 5) is 9.97. The van der Waals surface area contributed by atoms with Crippen LogP contribution in [0.5, 0.6) is 5.75 Å². The predicted octanol–water partition coefficient (Wildman–Crippen LogP) is 0.990. The molecule has 0 radical (unpaired) electrons. The highest BCUT2D eigenvalue weighted by atomic mass is 32.2. The van der Waals surface area contributed by atoms with Crippen molar-refractivity contribution in [1.29, 1.82) is 0 Å². The number of hydrogen-bond acceptors (Lipinski definition) is 7. The van der Waals surface area contributed by atoms with Crippen LogP contribution in [0.4, 0.5) is 10.2 Å². The molecule has 9 nitrogen and oxygen atoms in total. The zero-order valence-corrected chi connectivity index (χ0v) is 17.5. The Morgan fingerprint density at radius 1 is 0.967 bits per heavy atom. The van der Waals surface area contributed by atoms with E-state index in [0.29, 0.717) is 50.7 Å². The molecule has 0 aliphatic carbocycles. The van der Waals surface area contributed by atoms with E-state index in [9.17, 15) is 8.42 Å². The van der Waals surface area contributed by atoms with Crippen molar-refractivity contribution >= 4 is 16.0 Å². The van der Waals surface area contributed by atoms with E-state index in [-0.39, 0.29) is 24.6 Å². The smallest absolute Gasteiger partial charge is 0.282 e. The lowest BCUT2D eigenvalue weighted by Gasteiger charge is -2.38. The summed E-state index contributed by atoms with van der Waals surface area (Å²) in [5.41, 5.74) is 0.816. The highest BCUT2D eigenvalue weighted by molar-refractivity contribution is 7.86. The largest absolute Gasteiger partial charge is 0.497 e. The van der Waals surface area contributed by atoms with Gasteiger partial charge in [-0.05, 0) is 24.3 Å². The van der Waals surface area contributed by atoms with Gasteiger partial charge in [0.2, 0.25) is 0 Å². The standard InChI is InChI=1S/C19H24FN5O4S/c1-28-16-4-2-15(3-5-16)18-17(20)19(22-14-21-18)23-6-8-24(9-7-23)30(26,27)25-10-12-29-13-11-25/h2-5,14H,6-13H2,1H3. The normalized spacial score (nSPS) is 19.1. The fourth-order valence-electron chi connectivity index (χ4n) is 3.60. The van der Waals surface area contributed by atoms with Crippen LogP contribution in [0.15, 0.2) is 30.6 Å². The van der Waals surface area contributed by atoms with Crippen molar-refractivity contribution in [2.24, 2.45) is 0 Å². The molecule has 3 heterocycles. The number of benzene rings is 1. The Morgan fingerprint density at radius 2 is 1.60 bits per heavy atom. The number of anilines is 1. The fourth-order valence-corrected chi connectivity index (χ4v) is 5.16. The lowest BCUT2D eigenvalue weighted by Crippen LogP contribution is -2.55. The van der Waals surface area contributed by atoms with E-state index in [2.05, 4.69) is 9.97 Å². The average molecular weight is 437 g/mol. The summed E-state index contributed by atoms with van der Waals surface area (Å²) < 4.78 is 54.1. The molecule has 0 atom stereocenters. The van der Waals surface area contributed by atoms with Crippen molar-refractivity contribution in [3.63, 3.8) is 0 Å². The van der Waals surface area contributed by atoms with Gasteiger partial charge in [0.25, 0.3) is 10.2 Å². The van der Waals surface area contributed by atoms with E-state index in [1.807, 2.05) is 0 Å². The van der Waals surface area contributed by atoms with Crippen molar-refractivity contribution in [3.8, 4) is 17.0 Å². The number of halogens is 1. The van der Waals surface area contributed by atoms with E-state index in [4.69, 9.17) is 9.47 Å². The van der Waals surface area contributed by atoms with Gasteiger partial charge in [-0.25, -0.2) is 14.4 Å². The predicted molar refractivity (Wildman–Crippen MR) is 109 cm³/mol. The van der Waals surface area contributed by atoms with Crippen LogP contribution in [0.2, 0.25) is 0 Å². The van der Waals surface area contributed by atoms with Gasteiger partial charge in [-0.15, -0.1) is 0 Å². The molecule has 0 spiro atoms. The summed E-state index contributed by atoms with van der Waals surface area (Å²) in [5.74, 6) is 0.331. The maximum absolute atomic E-state index is 15.2.